The molecular weight excluding hydrogens is 916 g/mol. The first-order valence-electron chi connectivity index (χ1n) is 17.1. The normalized spacial score (nSPS) is 18.2. The molecule has 0 saturated carbocycles. The van der Waals surface area contributed by atoms with Crippen molar-refractivity contribution in [1.82, 2.24) is 9.80 Å². The molecule has 3 heterocycles. The molecular formula is C38H50BBr2F2IN2O6. The first kappa shape index (κ1) is 44.4. The summed E-state index contributed by atoms with van der Waals surface area (Å²) in [7, 11) is -0.314. The van der Waals surface area contributed by atoms with Crippen molar-refractivity contribution in [3.05, 3.63) is 83.7 Å². The Morgan fingerprint density at radius 2 is 1.23 bits per heavy atom. The fourth-order valence-electron chi connectivity index (χ4n) is 4.98. The first-order valence-corrected chi connectivity index (χ1v) is 19.8. The zero-order chi connectivity index (χ0) is 39.2. The molecule has 0 bridgehead atoms. The fraction of sp³-hybridized carbons (Fsp3) is 0.526. The molecule has 3 aliphatic rings. The van der Waals surface area contributed by atoms with Gasteiger partial charge in [-0.3, -0.25) is 0 Å². The number of ether oxygens (including phenoxy) is 2. The molecule has 0 radical (unpaired) electrons. The smallest absolute Gasteiger partial charge is 0.444 e. The third-order valence-corrected chi connectivity index (χ3v) is 10.4. The number of amides is 2. The summed E-state index contributed by atoms with van der Waals surface area (Å²) in [5.74, 6) is -0.482. The van der Waals surface area contributed by atoms with Crippen molar-refractivity contribution >= 4 is 79.3 Å². The Bertz CT molecular complexity index is 1640. The molecule has 2 aromatic rings. The third kappa shape index (κ3) is 13.4. The second kappa shape index (κ2) is 18.1. The summed E-state index contributed by atoms with van der Waals surface area (Å²) < 4.78 is 50.8. The molecule has 3 aliphatic heterocycles. The highest BCUT2D eigenvalue weighted by atomic mass is 127. The number of benzene rings is 2. The molecule has 1 fully saturated rings. The van der Waals surface area contributed by atoms with Crippen molar-refractivity contribution in [1.29, 1.82) is 0 Å². The van der Waals surface area contributed by atoms with Gasteiger partial charge in [0.1, 0.15) is 22.8 Å². The highest BCUT2D eigenvalue weighted by Crippen LogP contribution is 2.39. The lowest BCUT2D eigenvalue weighted by Gasteiger charge is -2.32. The molecule has 8 nitrogen and oxygen atoms in total. The van der Waals surface area contributed by atoms with Crippen LogP contribution in [-0.2, 0) is 18.8 Å². The largest absolute Gasteiger partial charge is 0.490 e. The van der Waals surface area contributed by atoms with Crippen molar-refractivity contribution in [3.63, 3.8) is 0 Å². The predicted molar refractivity (Wildman–Crippen MR) is 218 cm³/mol. The van der Waals surface area contributed by atoms with E-state index in [0.717, 1.165) is 26.6 Å². The zero-order valence-corrected chi connectivity index (χ0v) is 37.0. The molecule has 0 atom stereocenters. The lowest BCUT2D eigenvalue weighted by atomic mass is 9.75. The van der Waals surface area contributed by atoms with Crippen molar-refractivity contribution in [2.45, 2.75) is 104 Å². The van der Waals surface area contributed by atoms with E-state index in [9.17, 15) is 18.4 Å². The SMILES string of the molecule is CC(C)(C)OC(=O)N1CC=C(B2OC(C)(C)C(C)(C)O2)CC1.CC(C)(C)OC(=O)N1CC=C(c2ccc(Br)c(F)c2)CC1.Fc1cc(I)ccc1Br. The van der Waals surface area contributed by atoms with Gasteiger partial charge in [-0.2, -0.15) is 0 Å². The summed E-state index contributed by atoms with van der Waals surface area (Å²) in [4.78, 5) is 27.4. The van der Waals surface area contributed by atoms with Gasteiger partial charge in [0, 0.05) is 29.7 Å². The quantitative estimate of drug-likeness (QED) is 0.170. The van der Waals surface area contributed by atoms with Crippen LogP contribution >= 0.6 is 54.5 Å². The van der Waals surface area contributed by atoms with E-state index in [1.165, 1.54) is 12.1 Å². The van der Waals surface area contributed by atoms with Crippen molar-refractivity contribution in [2.24, 2.45) is 0 Å². The zero-order valence-electron chi connectivity index (χ0n) is 31.7. The Balaban J connectivity index is 0.000000228. The van der Waals surface area contributed by atoms with Gasteiger partial charge >= 0.3 is 19.3 Å². The van der Waals surface area contributed by atoms with Crippen LogP contribution in [0, 0.1) is 15.2 Å². The maximum absolute atomic E-state index is 13.6. The summed E-state index contributed by atoms with van der Waals surface area (Å²) in [6.45, 7) is 21.6. The summed E-state index contributed by atoms with van der Waals surface area (Å²) in [5, 5.41) is 0. The highest BCUT2D eigenvalue weighted by Gasteiger charge is 2.52. The highest BCUT2D eigenvalue weighted by molar-refractivity contribution is 14.1. The number of nitrogens with zero attached hydrogens (tertiary/aromatic N) is 2. The van der Waals surface area contributed by atoms with Crippen LogP contribution in [0.2, 0.25) is 0 Å². The minimum absolute atomic E-state index is 0.207. The van der Waals surface area contributed by atoms with Crippen molar-refractivity contribution < 1.29 is 37.2 Å². The fourth-order valence-corrected chi connectivity index (χ4v) is 5.92. The van der Waals surface area contributed by atoms with Gasteiger partial charge in [0.25, 0.3) is 0 Å². The van der Waals surface area contributed by atoms with Crippen molar-refractivity contribution in [3.8, 4) is 0 Å². The van der Waals surface area contributed by atoms with Gasteiger partial charge in [-0.25, -0.2) is 18.4 Å². The Morgan fingerprint density at radius 1 is 0.769 bits per heavy atom. The minimum Gasteiger partial charge on any atom is -0.444 e. The molecule has 0 aliphatic carbocycles. The molecule has 0 N–H and O–H groups in total. The predicted octanol–water partition coefficient (Wildman–Crippen LogP) is 11.0. The molecule has 286 valence electrons. The monoisotopic (exact) mass is 964 g/mol. The maximum atomic E-state index is 13.6. The van der Waals surface area contributed by atoms with Crippen LogP contribution in [0.15, 0.2) is 63.0 Å². The summed E-state index contributed by atoms with van der Waals surface area (Å²) in [6.07, 6.45) is 4.85. The number of carbonyl (C=O) groups excluding carboxylic acids is 2. The van der Waals surface area contributed by atoms with Gasteiger partial charge in [-0.05, 0) is 183 Å². The Kier molecular flexibility index (Phi) is 15.4. The van der Waals surface area contributed by atoms with Crippen LogP contribution in [0.5, 0.6) is 0 Å². The molecule has 14 heteroatoms. The van der Waals surface area contributed by atoms with Crippen molar-refractivity contribution in [2.75, 3.05) is 26.2 Å². The average Bonchev–Trinajstić information content (AvgIpc) is 3.25. The van der Waals surface area contributed by atoms with Gasteiger partial charge in [0.15, 0.2) is 0 Å². The molecule has 1 saturated heterocycles. The number of hydrogen-bond acceptors (Lipinski definition) is 6. The lowest BCUT2D eigenvalue weighted by molar-refractivity contribution is 0.00578. The maximum Gasteiger partial charge on any atom is 0.490 e. The standard InChI is InChI=1S/C16H28BNO4.C16H19BrFNO2.C6H3BrFI/c1-14(2,3)20-13(19)18-10-8-12(9-11-18)17-21-15(4,5)16(6,7)22-17;1-16(2,3)21-15(20)19-8-6-11(7-9-19)12-4-5-13(17)14(18)10-12;7-5-2-1-4(9)3-6(5)8/h8H,9-11H2,1-7H3;4-6,10H,7-9H2,1-3H3;1-3H. The molecule has 5 rings (SSSR count). The lowest BCUT2D eigenvalue weighted by Crippen LogP contribution is -2.41. The van der Waals surface area contributed by atoms with E-state index in [0.29, 0.717) is 41.5 Å². The van der Waals surface area contributed by atoms with E-state index in [1.807, 2.05) is 93.5 Å². The molecule has 0 unspecified atom stereocenters. The van der Waals surface area contributed by atoms with Gasteiger partial charge < -0.3 is 28.6 Å². The number of carbonyl (C=O) groups is 2. The average molecular weight is 966 g/mol. The van der Waals surface area contributed by atoms with E-state index >= 15 is 0 Å². The van der Waals surface area contributed by atoms with E-state index < -0.39 is 11.2 Å². The molecule has 0 spiro atoms. The van der Waals surface area contributed by atoms with Gasteiger partial charge in [0.05, 0.1) is 20.1 Å². The summed E-state index contributed by atoms with van der Waals surface area (Å²) in [6, 6.07) is 10.1. The Labute approximate surface area is 338 Å². The van der Waals surface area contributed by atoms with E-state index in [4.69, 9.17) is 18.8 Å². The topological polar surface area (TPSA) is 77.5 Å². The second-order valence-corrected chi connectivity index (χ2v) is 18.6. The van der Waals surface area contributed by atoms with Crippen LogP contribution in [0.25, 0.3) is 5.57 Å². The number of rotatable bonds is 2. The van der Waals surface area contributed by atoms with Crippen LogP contribution in [0.1, 0.15) is 87.6 Å². The van der Waals surface area contributed by atoms with Gasteiger partial charge in [0.2, 0.25) is 0 Å². The third-order valence-electron chi connectivity index (χ3n) is 8.48. The summed E-state index contributed by atoms with van der Waals surface area (Å²) >= 11 is 8.26. The van der Waals surface area contributed by atoms with Gasteiger partial charge in [-0.15, -0.1) is 0 Å². The van der Waals surface area contributed by atoms with Crippen LogP contribution in [0.4, 0.5) is 18.4 Å². The second-order valence-electron chi connectivity index (χ2n) is 15.6. The van der Waals surface area contributed by atoms with Gasteiger partial charge in [-0.1, -0.05) is 18.2 Å². The minimum atomic E-state index is -0.490. The van der Waals surface area contributed by atoms with E-state index in [2.05, 4.69) is 54.5 Å². The molecule has 2 amide bonds. The van der Waals surface area contributed by atoms with E-state index in [1.54, 1.807) is 21.9 Å². The van der Waals surface area contributed by atoms with Crippen LogP contribution < -0.4 is 0 Å². The Hall–Kier alpha value is -2.01. The van der Waals surface area contributed by atoms with Crippen LogP contribution in [-0.4, -0.2) is 77.7 Å². The molecule has 0 aromatic heterocycles. The van der Waals surface area contributed by atoms with Crippen LogP contribution in [0.3, 0.4) is 0 Å². The first-order chi connectivity index (χ1) is 23.9. The summed E-state index contributed by atoms with van der Waals surface area (Å²) in [5.41, 5.74) is 1.41. The number of halogens is 5. The van der Waals surface area contributed by atoms with E-state index in [-0.39, 0.29) is 42.1 Å². The molecule has 2 aromatic carbocycles. The molecule has 52 heavy (non-hydrogen) atoms. The Morgan fingerprint density at radius 3 is 1.62 bits per heavy atom. The number of hydrogen-bond donors (Lipinski definition) is 0.